The molecule has 124 valence electrons. The van der Waals surface area contributed by atoms with E-state index in [2.05, 4.69) is 5.32 Å². The van der Waals surface area contributed by atoms with Crippen LogP contribution in [-0.2, 0) is 0 Å². The molecule has 4 heteroatoms. The molecule has 0 atom stereocenters. The van der Waals surface area contributed by atoms with E-state index in [-0.39, 0.29) is 5.91 Å². The van der Waals surface area contributed by atoms with Crippen molar-refractivity contribution >= 4 is 17.6 Å². The Morgan fingerprint density at radius 1 is 0.760 bits per heavy atom. The molecule has 3 rings (SSSR count). The predicted molar refractivity (Wildman–Crippen MR) is 97.0 cm³/mol. The molecular weight excluding hydrogens is 314 g/mol. The molecule has 1 amide bonds. The summed E-state index contributed by atoms with van der Waals surface area (Å²) >= 11 is 0. The number of esters is 1. The standard InChI is InChI=1S/C21H17NO3/c1-15-7-13-19(14-8-15)25-21(24)17-9-11-18(12-10-17)22-20(23)16-5-3-2-4-6-16/h2-14H,1H3,(H,22,23). The first-order valence-electron chi connectivity index (χ1n) is 7.87. The van der Waals surface area contributed by atoms with Crippen molar-refractivity contribution in [2.45, 2.75) is 6.92 Å². The van der Waals surface area contributed by atoms with Crippen LogP contribution in [0.25, 0.3) is 0 Å². The van der Waals surface area contributed by atoms with Crippen LogP contribution in [-0.4, -0.2) is 11.9 Å². The summed E-state index contributed by atoms with van der Waals surface area (Å²) in [5, 5.41) is 2.79. The Labute approximate surface area is 146 Å². The number of carbonyl (C=O) groups is 2. The Bertz CT molecular complexity index is 869. The molecule has 0 aliphatic heterocycles. The Kier molecular flexibility index (Phi) is 4.90. The smallest absolute Gasteiger partial charge is 0.343 e. The maximum Gasteiger partial charge on any atom is 0.343 e. The van der Waals surface area contributed by atoms with Crippen LogP contribution in [0.3, 0.4) is 0 Å². The molecule has 4 nitrogen and oxygen atoms in total. The Hall–Kier alpha value is -3.40. The van der Waals surface area contributed by atoms with Crippen LogP contribution in [0, 0.1) is 6.92 Å². The van der Waals surface area contributed by atoms with Gasteiger partial charge in [0, 0.05) is 11.3 Å². The van der Waals surface area contributed by atoms with E-state index in [1.807, 2.05) is 25.1 Å². The Morgan fingerprint density at radius 3 is 2.04 bits per heavy atom. The summed E-state index contributed by atoms with van der Waals surface area (Å²) < 4.78 is 5.32. The van der Waals surface area contributed by atoms with Crippen molar-refractivity contribution in [1.82, 2.24) is 0 Å². The molecule has 25 heavy (non-hydrogen) atoms. The summed E-state index contributed by atoms with van der Waals surface area (Å²) in [7, 11) is 0. The largest absolute Gasteiger partial charge is 0.423 e. The highest BCUT2D eigenvalue weighted by Gasteiger charge is 2.10. The fourth-order valence-corrected chi connectivity index (χ4v) is 2.25. The van der Waals surface area contributed by atoms with E-state index in [9.17, 15) is 9.59 Å². The van der Waals surface area contributed by atoms with E-state index in [0.717, 1.165) is 5.56 Å². The number of hydrogen-bond acceptors (Lipinski definition) is 3. The average molecular weight is 331 g/mol. The third-order valence-electron chi connectivity index (χ3n) is 3.65. The zero-order chi connectivity index (χ0) is 17.6. The highest BCUT2D eigenvalue weighted by molar-refractivity contribution is 6.04. The number of nitrogens with one attached hydrogen (secondary N) is 1. The van der Waals surface area contributed by atoms with E-state index in [1.165, 1.54) is 0 Å². The van der Waals surface area contributed by atoms with Crippen molar-refractivity contribution in [3.8, 4) is 5.75 Å². The topological polar surface area (TPSA) is 55.4 Å². The monoisotopic (exact) mass is 331 g/mol. The van der Waals surface area contributed by atoms with E-state index in [0.29, 0.717) is 22.6 Å². The molecule has 0 fully saturated rings. The second-order valence-electron chi connectivity index (χ2n) is 5.60. The van der Waals surface area contributed by atoms with E-state index in [4.69, 9.17) is 4.74 Å². The van der Waals surface area contributed by atoms with Crippen LogP contribution in [0.15, 0.2) is 78.9 Å². The van der Waals surface area contributed by atoms with Crippen LogP contribution >= 0.6 is 0 Å². The number of aryl methyl sites for hydroxylation is 1. The first-order chi connectivity index (χ1) is 12.1. The fraction of sp³-hybridized carbons (Fsp3) is 0.0476. The first-order valence-corrected chi connectivity index (χ1v) is 7.87. The van der Waals surface area contributed by atoms with Crippen molar-refractivity contribution < 1.29 is 14.3 Å². The first kappa shape index (κ1) is 16.5. The van der Waals surface area contributed by atoms with Gasteiger partial charge < -0.3 is 10.1 Å². The zero-order valence-corrected chi connectivity index (χ0v) is 13.7. The lowest BCUT2D eigenvalue weighted by Gasteiger charge is -2.07. The van der Waals surface area contributed by atoms with Gasteiger partial charge in [-0.1, -0.05) is 35.9 Å². The highest BCUT2D eigenvalue weighted by atomic mass is 16.5. The van der Waals surface area contributed by atoms with Gasteiger partial charge in [-0.15, -0.1) is 0 Å². The van der Waals surface area contributed by atoms with E-state index >= 15 is 0 Å². The Morgan fingerprint density at radius 2 is 1.40 bits per heavy atom. The molecule has 3 aromatic rings. The lowest BCUT2D eigenvalue weighted by atomic mass is 10.2. The molecule has 0 saturated carbocycles. The van der Waals surface area contributed by atoms with Gasteiger partial charge in [0.1, 0.15) is 5.75 Å². The number of ether oxygens (including phenoxy) is 1. The molecule has 0 spiro atoms. The molecule has 0 aromatic heterocycles. The molecule has 0 bridgehead atoms. The van der Waals surface area contributed by atoms with Gasteiger partial charge >= 0.3 is 5.97 Å². The Balaban J connectivity index is 1.64. The summed E-state index contributed by atoms with van der Waals surface area (Å²) in [4.78, 5) is 24.2. The van der Waals surface area contributed by atoms with Gasteiger partial charge in [-0.3, -0.25) is 4.79 Å². The van der Waals surface area contributed by atoms with Crippen molar-refractivity contribution in [2.24, 2.45) is 0 Å². The SMILES string of the molecule is Cc1ccc(OC(=O)c2ccc(NC(=O)c3ccccc3)cc2)cc1. The highest BCUT2D eigenvalue weighted by Crippen LogP contribution is 2.16. The lowest BCUT2D eigenvalue weighted by Crippen LogP contribution is -2.12. The molecule has 0 heterocycles. The fourth-order valence-electron chi connectivity index (χ4n) is 2.25. The maximum atomic E-state index is 12.1. The van der Waals surface area contributed by atoms with Crippen LogP contribution < -0.4 is 10.1 Å². The van der Waals surface area contributed by atoms with Gasteiger partial charge in [-0.05, 0) is 55.5 Å². The average Bonchev–Trinajstić information content (AvgIpc) is 2.65. The molecule has 0 radical (unpaired) electrons. The number of hydrogen-bond donors (Lipinski definition) is 1. The third-order valence-corrected chi connectivity index (χ3v) is 3.65. The summed E-state index contributed by atoms with van der Waals surface area (Å²) in [6.45, 7) is 1.97. The van der Waals surface area contributed by atoms with Crippen LogP contribution in [0.4, 0.5) is 5.69 Å². The number of benzene rings is 3. The normalized spacial score (nSPS) is 10.1. The van der Waals surface area contributed by atoms with Crippen molar-refractivity contribution in [3.63, 3.8) is 0 Å². The van der Waals surface area contributed by atoms with Gasteiger partial charge in [0.15, 0.2) is 0 Å². The van der Waals surface area contributed by atoms with Gasteiger partial charge in [-0.25, -0.2) is 4.79 Å². The second kappa shape index (κ2) is 7.45. The molecule has 3 aromatic carbocycles. The summed E-state index contributed by atoms with van der Waals surface area (Å²) in [5.74, 6) is -0.141. The molecular formula is C21H17NO3. The van der Waals surface area contributed by atoms with Gasteiger partial charge in [0.05, 0.1) is 5.56 Å². The van der Waals surface area contributed by atoms with Crippen molar-refractivity contribution in [3.05, 3.63) is 95.6 Å². The number of amides is 1. The number of anilines is 1. The van der Waals surface area contributed by atoms with Gasteiger partial charge in [-0.2, -0.15) is 0 Å². The van der Waals surface area contributed by atoms with Crippen LogP contribution in [0.2, 0.25) is 0 Å². The third kappa shape index (κ3) is 4.32. The summed E-state index contributed by atoms with van der Waals surface area (Å²) in [5.41, 5.74) is 2.70. The van der Waals surface area contributed by atoms with Gasteiger partial charge in [0.25, 0.3) is 5.91 Å². The molecule has 1 N–H and O–H groups in total. The van der Waals surface area contributed by atoms with Crippen LogP contribution in [0.5, 0.6) is 5.75 Å². The van der Waals surface area contributed by atoms with E-state index in [1.54, 1.807) is 60.7 Å². The van der Waals surface area contributed by atoms with Crippen molar-refractivity contribution in [2.75, 3.05) is 5.32 Å². The second-order valence-corrected chi connectivity index (χ2v) is 5.60. The minimum absolute atomic E-state index is 0.199. The molecule has 0 unspecified atom stereocenters. The summed E-state index contributed by atoms with van der Waals surface area (Å²) in [6, 6.07) is 22.8. The van der Waals surface area contributed by atoms with Gasteiger partial charge in [0.2, 0.25) is 0 Å². The number of carbonyl (C=O) groups excluding carboxylic acids is 2. The van der Waals surface area contributed by atoms with E-state index < -0.39 is 5.97 Å². The molecule has 0 aliphatic rings. The lowest BCUT2D eigenvalue weighted by molar-refractivity contribution is 0.0734. The molecule has 0 aliphatic carbocycles. The zero-order valence-electron chi connectivity index (χ0n) is 13.7. The summed E-state index contributed by atoms with van der Waals surface area (Å²) in [6.07, 6.45) is 0. The predicted octanol–water partition coefficient (Wildman–Crippen LogP) is 4.47. The quantitative estimate of drug-likeness (QED) is 0.567. The maximum absolute atomic E-state index is 12.1. The minimum atomic E-state index is -0.440. The number of rotatable bonds is 4. The van der Waals surface area contributed by atoms with Crippen molar-refractivity contribution in [1.29, 1.82) is 0 Å². The molecule has 0 saturated heterocycles. The minimum Gasteiger partial charge on any atom is -0.423 e. The van der Waals surface area contributed by atoms with Crippen LogP contribution in [0.1, 0.15) is 26.3 Å².